The van der Waals surface area contributed by atoms with Crippen LogP contribution in [0.25, 0.3) is 11.5 Å². The first-order chi connectivity index (χ1) is 17.2. The van der Waals surface area contributed by atoms with Crippen molar-refractivity contribution < 1.29 is 17.6 Å². The van der Waals surface area contributed by atoms with Gasteiger partial charge in [0.15, 0.2) is 0 Å². The molecule has 8 nitrogen and oxygen atoms in total. The van der Waals surface area contributed by atoms with E-state index in [1.807, 2.05) is 38.1 Å². The molecular formula is C26H34N4O4S2. The molecule has 1 heterocycles. The van der Waals surface area contributed by atoms with Crippen LogP contribution in [0.2, 0.25) is 0 Å². The number of carbonyl (C=O) groups is 1. The van der Waals surface area contributed by atoms with Crippen LogP contribution in [-0.4, -0.2) is 47.2 Å². The van der Waals surface area contributed by atoms with E-state index in [9.17, 15) is 13.2 Å². The van der Waals surface area contributed by atoms with Crippen molar-refractivity contribution in [2.75, 3.05) is 18.4 Å². The van der Waals surface area contributed by atoms with E-state index in [-0.39, 0.29) is 16.5 Å². The summed E-state index contributed by atoms with van der Waals surface area (Å²) in [6.07, 6.45) is 3.43. The predicted molar refractivity (Wildman–Crippen MR) is 144 cm³/mol. The molecule has 2 aromatic carbocycles. The molecule has 0 spiro atoms. The lowest BCUT2D eigenvalue weighted by molar-refractivity contribution is 0.102. The Morgan fingerprint density at radius 1 is 1.03 bits per heavy atom. The van der Waals surface area contributed by atoms with Crippen LogP contribution in [0.1, 0.15) is 63.7 Å². The van der Waals surface area contributed by atoms with Crippen molar-refractivity contribution in [3.63, 3.8) is 0 Å². The summed E-state index contributed by atoms with van der Waals surface area (Å²) in [5, 5.41) is 11.0. The molecule has 0 atom stereocenters. The molecule has 0 bridgehead atoms. The second-order valence-corrected chi connectivity index (χ2v) is 12.3. The lowest BCUT2D eigenvalue weighted by Crippen LogP contribution is -2.33. The van der Waals surface area contributed by atoms with E-state index in [1.54, 1.807) is 11.8 Å². The molecule has 0 aliphatic heterocycles. The molecule has 1 amide bonds. The molecule has 0 aliphatic rings. The van der Waals surface area contributed by atoms with Gasteiger partial charge in [-0.2, -0.15) is 4.31 Å². The third-order valence-corrected chi connectivity index (χ3v) is 8.29. The fourth-order valence-electron chi connectivity index (χ4n) is 3.48. The van der Waals surface area contributed by atoms with Gasteiger partial charge in [-0.3, -0.25) is 10.1 Å². The summed E-state index contributed by atoms with van der Waals surface area (Å²) < 4.78 is 33.4. The second-order valence-electron chi connectivity index (χ2n) is 8.70. The number of rotatable bonds is 13. The number of nitrogens with one attached hydrogen (secondary N) is 1. The maximum atomic E-state index is 13.1. The molecule has 3 aromatic rings. The highest BCUT2D eigenvalue weighted by Crippen LogP contribution is 2.28. The van der Waals surface area contributed by atoms with Gasteiger partial charge in [-0.15, -0.1) is 16.9 Å². The number of hydrogen-bond acceptors (Lipinski definition) is 7. The minimum Gasteiger partial charge on any atom is -0.403 e. The van der Waals surface area contributed by atoms with Crippen LogP contribution in [0.5, 0.6) is 0 Å². The highest BCUT2D eigenvalue weighted by atomic mass is 32.2. The average Bonchev–Trinajstić information content (AvgIpc) is 3.32. The summed E-state index contributed by atoms with van der Waals surface area (Å²) in [7, 11) is -3.63. The summed E-state index contributed by atoms with van der Waals surface area (Å²) >= 11 is 1.73. The Morgan fingerprint density at radius 2 is 1.69 bits per heavy atom. The van der Waals surface area contributed by atoms with Crippen molar-refractivity contribution in [2.45, 2.75) is 68.4 Å². The molecule has 0 aliphatic carbocycles. The summed E-state index contributed by atoms with van der Waals surface area (Å²) in [4.78, 5) is 14.0. The minimum atomic E-state index is -3.63. The van der Waals surface area contributed by atoms with Crippen molar-refractivity contribution in [2.24, 2.45) is 0 Å². The number of thioether (sulfide) groups is 1. The standard InChI is InChI=1S/C26H34N4O4S2/c1-5-7-16-30(17-8-6-2)36(32,33)23-14-12-20(13-15-23)24(31)27-26-29-28-25(34-26)21-10-9-11-22(18-21)35-19(3)4/h9-15,18-19H,5-8,16-17H2,1-4H3,(H,27,29,31). The van der Waals surface area contributed by atoms with E-state index in [2.05, 4.69) is 29.4 Å². The smallest absolute Gasteiger partial charge is 0.322 e. The molecule has 1 aromatic heterocycles. The zero-order chi connectivity index (χ0) is 26.1. The van der Waals surface area contributed by atoms with E-state index in [4.69, 9.17) is 4.42 Å². The normalized spacial score (nSPS) is 11.8. The average molecular weight is 531 g/mol. The van der Waals surface area contributed by atoms with Crippen LogP contribution in [0, 0.1) is 0 Å². The third-order valence-electron chi connectivity index (χ3n) is 5.37. The molecule has 1 N–H and O–H groups in total. The molecule has 3 rings (SSSR count). The summed E-state index contributed by atoms with van der Waals surface area (Å²) in [5.74, 6) is -0.163. The number of carbonyl (C=O) groups excluding carboxylic acids is 1. The van der Waals surface area contributed by atoms with Gasteiger partial charge in [-0.05, 0) is 55.3 Å². The van der Waals surface area contributed by atoms with Crippen LogP contribution >= 0.6 is 11.8 Å². The summed E-state index contributed by atoms with van der Waals surface area (Å²) in [6.45, 7) is 9.28. The Bertz CT molecular complexity index is 1230. The Morgan fingerprint density at radius 3 is 2.31 bits per heavy atom. The number of aromatic nitrogens is 2. The first kappa shape index (κ1) is 27.9. The predicted octanol–water partition coefficient (Wildman–Crippen LogP) is 6.08. The van der Waals surface area contributed by atoms with Gasteiger partial charge in [0, 0.05) is 34.4 Å². The van der Waals surface area contributed by atoms with E-state index in [0.717, 1.165) is 36.1 Å². The lowest BCUT2D eigenvalue weighted by atomic mass is 10.2. The van der Waals surface area contributed by atoms with Crippen molar-refractivity contribution >= 4 is 33.7 Å². The van der Waals surface area contributed by atoms with Gasteiger partial charge in [0.1, 0.15) is 0 Å². The fraction of sp³-hybridized carbons (Fsp3) is 0.423. The Kier molecular flexibility index (Phi) is 10.1. The zero-order valence-corrected chi connectivity index (χ0v) is 22.9. The Labute approximate surface area is 217 Å². The molecule has 0 fully saturated rings. The molecule has 36 heavy (non-hydrogen) atoms. The largest absolute Gasteiger partial charge is 0.403 e. The number of unbranched alkanes of at least 4 members (excludes halogenated alkanes) is 2. The van der Waals surface area contributed by atoms with E-state index >= 15 is 0 Å². The zero-order valence-electron chi connectivity index (χ0n) is 21.2. The lowest BCUT2D eigenvalue weighted by Gasteiger charge is -2.22. The van der Waals surface area contributed by atoms with Gasteiger partial charge in [0.25, 0.3) is 5.91 Å². The van der Waals surface area contributed by atoms with Crippen LogP contribution in [0.4, 0.5) is 6.01 Å². The number of nitrogens with zero attached hydrogens (tertiary/aromatic N) is 3. The summed E-state index contributed by atoms with van der Waals surface area (Å²) in [6, 6.07) is 13.7. The molecule has 194 valence electrons. The van der Waals surface area contributed by atoms with Gasteiger partial charge < -0.3 is 4.42 Å². The fourth-order valence-corrected chi connectivity index (χ4v) is 5.90. The van der Waals surface area contributed by atoms with Crippen molar-refractivity contribution in [1.82, 2.24) is 14.5 Å². The monoisotopic (exact) mass is 530 g/mol. The molecule has 0 saturated heterocycles. The molecular weight excluding hydrogens is 496 g/mol. The van der Waals surface area contributed by atoms with Gasteiger partial charge >= 0.3 is 6.01 Å². The Hall–Kier alpha value is -2.69. The minimum absolute atomic E-state index is 0.0288. The van der Waals surface area contributed by atoms with E-state index in [0.29, 0.717) is 24.2 Å². The molecule has 10 heteroatoms. The van der Waals surface area contributed by atoms with Crippen molar-refractivity contribution in [3.8, 4) is 11.5 Å². The van der Waals surface area contributed by atoms with Crippen molar-refractivity contribution in [1.29, 1.82) is 0 Å². The number of sulfonamides is 1. The number of amides is 1. The highest BCUT2D eigenvalue weighted by Gasteiger charge is 2.24. The first-order valence-electron chi connectivity index (χ1n) is 12.3. The summed E-state index contributed by atoms with van der Waals surface area (Å²) in [5.41, 5.74) is 1.05. The first-order valence-corrected chi connectivity index (χ1v) is 14.6. The SMILES string of the molecule is CCCCN(CCCC)S(=O)(=O)c1ccc(C(=O)Nc2nnc(-c3cccc(SC(C)C)c3)o2)cc1. The third kappa shape index (κ3) is 7.41. The van der Waals surface area contributed by atoms with Gasteiger partial charge in [-0.1, -0.05) is 51.7 Å². The molecule has 0 unspecified atom stereocenters. The topological polar surface area (TPSA) is 105 Å². The maximum absolute atomic E-state index is 13.1. The van der Waals surface area contributed by atoms with Crippen molar-refractivity contribution in [3.05, 3.63) is 54.1 Å². The Balaban J connectivity index is 1.70. The second kappa shape index (κ2) is 13.0. The highest BCUT2D eigenvalue weighted by molar-refractivity contribution is 7.99. The quantitative estimate of drug-likeness (QED) is 0.267. The molecule has 0 radical (unpaired) electrons. The number of anilines is 1. The number of benzene rings is 2. The van der Waals surface area contributed by atoms with Crippen LogP contribution in [-0.2, 0) is 10.0 Å². The van der Waals surface area contributed by atoms with E-state index in [1.165, 1.54) is 28.6 Å². The van der Waals surface area contributed by atoms with E-state index < -0.39 is 15.9 Å². The van der Waals surface area contributed by atoms with Gasteiger partial charge in [-0.25, -0.2) is 8.42 Å². The molecule has 0 saturated carbocycles. The van der Waals surface area contributed by atoms with Crippen LogP contribution in [0.15, 0.2) is 62.7 Å². The maximum Gasteiger partial charge on any atom is 0.322 e. The van der Waals surface area contributed by atoms with Crippen LogP contribution < -0.4 is 5.32 Å². The van der Waals surface area contributed by atoms with Gasteiger partial charge in [0.05, 0.1) is 4.90 Å². The van der Waals surface area contributed by atoms with Crippen LogP contribution in [0.3, 0.4) is 0 Å². The van der Waals surface area contributed by atoms with Gasteiger partial charge in [0.2, 0.25) is 15.9 Å². The number of hydrogen-bond donors (Lipinski definition) is 1.